The predicted molar refractivity (Wildman–Crippen MR) is 104 cm³/mol. The summed E-state index contributed by atoms with van der Waals surface area (Å²) in [6, 6.07) is 8.86. The van der Waals surface area contributed by atoms with Crippen LogP contribution in [0.1, 0.15) is 40.8 Å². The quantitative estimate of drug-likeness (QED) is 0.649. The molecule has 0 bridgehead atoms. The number of ether oxygens (including phenoxy) is 2. The second-order valence-corrected chi connectivity index (χ2v) is 7.03. The molecule has 0 spiro atoms. The van der Waals surface area contributed by atoms with Gasteiger partial charge in [0.2, 0.25) is 11.7 Å². The van der Waals surface area contributed by atoms with Gasteiger partial charge in [-0.2, -0.15) is 4.98 Å². The summed E-state index contributed by atoms with van der Waals surface area (Å²) in [6.07, 6.45) is 1.75. The Bertz CT molecular complexity index is 1010. The molecule has 8 heteroatoms. The van der Waals surface area contributed by atoms with Gasteiger partial charge in [-0.05, 0) is 50.1 Å². The van der Waals surface area contributed by atoms with E-state index in [0.29, 0.717) is 47.6 Å². The summed E-state index contributed by atoms with van der Waals surface area (Å²) < 4.78 is 21.6. The lowest BCUT2D eigenvalue weighted by Gasteiger charge is -2.31. The number of likely N-dealkylation sites (tertiary alicyclic amines) is 1. The summed E-state index contributed by atoms with van der Waals surface area (Å²) in [5.74, 6) is 3.37. The van der Waals surface area contributed by atoms with Gasteiger partial charge >= 0.3 is 0 Å². The second kappa shape index (κ2) is 7.98. The molecular formula is C21H23N3O5. The van der Waals surface area contributed by atoms with E-state index in [1.165, 1.54) is 0 Å². The maximum atomic E-state index is 13.0. The highest BCUT2D eigenvalue weighted by atomic mass is 16.5. The van der Waals surface area contributed by atoms with Crippen molar-refractivity contribution < 1.29 is 23.2 Å². The van der Waals surface area contributed by atoms with Crippen molar-refractivity contribution in [2.24, 2.45) is 0 Å². The van der Waals surface area contributed by atoms with Gasteiger partial charge < -0.3 is 23.3 Å². The van der Waals surface area contributed by atoms with Crippen LogP contribution in [-0.2, 0) is 0 Å². The average molecular weight is 397 g/mol. The van der Waals surface area contributed by atoms with Crippen molar-refractivity contribution in [3.63, 3.8) is 0 Å². The van der Waals surface area contributed by atoms with Crippen molar-refractivity contribution in [1.82, 2.24) is 15.0 Å². The highest BCUT2D eigenvalue weighted by Gasteiger charge is 2.30. The van der Waals surface area contributed by atoms with Gasteiger partial charge in [0.1, 0.15) is 5.76 Å². The standard InChI is InChI=1S/C21H23N3O5/c1-13-6-8-17(28-13)19-22-20(29-23-19)15-5-4-10-24(12-15)21(25)14-7-9-16(26-2)18(11-14)27-3/h6-9,11,15H,4-5,10,12H2,1-3H3/t15-/m0/s1. The van der Waals surface area contributed by atoms with Crippen LogP contribution in [0.2, 0.25) is 0 Å². The first kappa shape index (κ1) is 19.0. The summed E-state index contributed by atoms with van der Waals surface area (Å²) in [4.78, 5) is 19.3. The van der Waals surface area contributed by atoms with Crippen molar-refractivity contribution in [2.45, 2.75) is 25.7 Å². The van der Waals surface area contributed by atoms with Crippen molar-refractivity contribution in [3.05, 3.63) is 47.5 Å². The van der Waals surface area contributed by atoms with Gasteiger partial charge in [0, 0.05) is 18.7 Å². The first-order valence-corrected chi connectivity index (χ1v) is 9.50. The maximum Gasteiger partial charge on any atom is 0.254 e. The summed E-state index contributed by atoms with van der Waals surface area (Å²) in [7, 11) is 3.12. The SMILES string of the molecule is COc1ccc(C(=O)N2CCC[C@H](c3nc(-c4ccc(C)o4)no3)C2)cc1OC. The molecule has 0 saturated carbocycles. The number of carbonyl (C=O) groups is 1. The van der Waals surface area contributed by atoms with Crippen molar-refractivity contribution in [2.75, 3.05) is 27.3 Å². The number of methoxy groups -OCH3 is 2. The summed E-state index contributed by atoms with van der Waals surface area (Å²) in [5.41, 5.74) is 0.556. The number of piperidine rings is 1. The Hall–Kier alpha value is -3.29. The second-order valence-electron chi connectivity index (χ2n) is 7.03. The molecule has 0 aliphatic carbocycles. The number of hydrogen-bond donors (Lipinski definition) is 0. The average Bonchev–Trinajstić information content (AvgIpc) is 3.42. The Balaban J connectivity index is 1.50. The molecule has 1 atom stereocenters. The van der Waals surface area contributed by atoms with E-state index >= 15 is 0 Å². The van der Waals surface area contributed by atoms with Crippen LogP contribution in [0.25, 0.3) is 11.6 Å². The van der Waals surface area contributed by atoms with Gasteiger partial charge in [-0.1, -0.05) is 5.16 Å². The van der Waals surface area contributed by atoms with Gasteiger partial charge in [-0.15, -0.1) is 0 Å². The van der Waals surface area contributed by atoms with Crippen LogP contribution in [0.15, 0.2) is 39.3 Å². The van der Waals surface area contributed by atoms with Gasteiger partial charge in [0.15, 0.2) is 17.3 Å². The van der Waals surface area contributed by atoms with Crippen LogP contribution in [0.4, 0.5) is 0 Å². The predicted octanol–water partition coefficient (Wildman–Crippen LogP) is 3.68. The number of benzene rings is 1. The number of furan rings is 1. The third-order valence-corrected chi connectivity index (χ3v) is 5.09. The van der Waals surface area contributed by atoms with Crippen molar-refractivity contribution in [3.8, 4) is 23.1 Å². The molecule has 1 fully saturated rings. The van der Waals surface area contributed by atoms with E-state index in [-0.39, 0.29) is 11.8 Å². The van der Waals surface area contributed by atoms with E-state index in [0.717, 1.165) is 18.6 Å². The van der Waals surface area contributed by atoms with E-state index in [2.05, 4.69) is 10.1 Å². The first-order chi connectivity index (χ1) is 14.1. The lowest BCUT2D eigenvalue weighted by atomic mass is 9.97. The van der Waals surface area contributed by atoms with Crippen LogP contribution < -0.4 is 9.47 Å². The van der Waals surface area contributed by atoms with Crippen molar-refractivity contribution in [1.29, 1.82) is 0 Å². The normalized spacial score (nSPS) is 16.7. The number of aromatic nitrogens is 2. The molecule has 1 aliphatic heterocycles. The highest BCUT2D eigenvalue weighted by Crippen LogP contribution is 2.31. The number of amides is 1. The fraction of sp³-hybridized carbons (Fsp3) is 0.381. The fourth-order valence-electron chi connectivity index (χ4n) is 3.57. The zero-order chi connectivity index (χ0) is 20.4. The van der Waals surface area contributed by atoms with Crippen LogP contribution in [-0.4, -0.2) is 48.3 Å². The fourth-order valence-corrected chi connectivity index (χ4v) is 3.57. The minimum atomic E-state index is -0.0583. The number of rotatable bonds is 5. The number of aryl methyl sites for hydroxylation is 1. The van der Waals surface area contributed by atoms with E-state index in [4.69, 9.17) is 18.4 Å². The number of nitrogens with zero attached hydrogens (tertiary/aromatic N) is 3. The van der Waals surface area contributed by atoms with Gasteiger partial charge in [0.05, 0.1) is 20.1 Å². The van der Waals surface area contributed by atoms with Crippen LogP contribution in [0.3, 0.4) is 0 Å². The van der Waals surface area contributed by atoms with Crippen molar-refractivity contribution >= 4 is 5.91 Å². The van der Waals surface area contributed by atoms with Gasteiger partial charge in [-0.3, -0.25) is 4.79 Å². The Morgan fingerprint density at radius 1 is 1.17 bits per heavy atom. The first-order valence-electron chi connectivity index (χ1n) is 9.50. The van der Waals surface area contributed by atoms with Crippen LogP contribution >= 0.6 is 0 Å². The number of carbonyl (C=O) groups excluding carboxylic acids is 1. The molecule has 1 aliphatic rings. The topological polar surface area (TPSA) is 90.8 Å². The van der Waals surface area contributed by atoms with Gasteiger partial charge in [0.25, 0.3) is 5.91 Å². The largest absolute Gasteiger partial charge is 0.493 e. The summed E-state index contributed by atoms with van der Waals surface area (Å²) in [5, 5.41) is 4.03. The number of hydrogen-bond acceptors (Lipinski definition) is 7. The van der Waals surface area contributed by atoms with Crippen LogP contribution in [0.5, 0.6) is 11.5 Å². The zero-order valence-corrected chi connectivity index (χ0v) is 16.7. The third-order valence-electron chi connectivity index (χ3n) is 5.09. The summed E-state index contributed by atoms with van der Waals surface area (Å²) in [6.45, 7) is 3.07. The monoisotopic (exact) mass is 397 g/mol. The lowest BCUT2D eigenvalue weighted by Crippen LogP contribution is -2.39. The van der Waals surface area contributed by atoms with E-state index in [9.17, 15) is 4.79 Å². The molecule has 8 nitrogen and oxygen atoms in total. The van der Waals surface area contributed by atoms with Gasteiger partial charge in [-0.25, -0.2) is 0 Å². The molecule has 0 unspecified atom stereocenters. The molecule has 152 valence electrons. The maximum absolute atomic E-state index is 13.0. The molecule has 0 radical (unpaired) electrons. The Morgan fingerprint density at radius 3 is 2.72 bits per heavy atom. The third kappa shape index (κ3) is 3.83. The molecule has 3 aromatic rings. The minimum absolute atomic E-state index is 0.00912. The van der Waals surface area contributed by atoms with E-state index < -0.39 is 0 Å². The molecule has 0 N–H and O–H groups in total. The molecular weight excluding hydrogens is 374 g/mol. The molecule has 1 aromatic carbocycles. The minimum Gasteiger partial charge on any atom is -0.493 e. The smallest absolute Gasteiger partial charge is 0.254 e. The lowest BCUT2D eigenvalue weighted by molar-refractivity contribution is 0.0695. The Labute approximate surface area is 168 Å². The molecule has 1 amide bonds. The Morgan fingerprint density at radius 2 is 2.00 bits per heavy atom. The highest BCUT2D eigenvalue weighted by molar-refractivity contribution is 5.95. The van der Waals surface area contributed by atoms with E-state index in [1.54, 1.807) is 32.4 Å². The molecule has 1 saturated heterocycles. The summed E-state index contributed by atoms with van der Waals surface area (Å²) >= 11 is 0. The van der Waals surface area contributed by atoms with Crippen LogP contribution in [0, 0.1) is 6.92 Å². The molecule has 2 aromatic heterocycles. The zero-order valence-electron chi connectivity index (χ0n) is 16.7. The molecule has 29 heavy (non-hydrogen) atoms. The molecule has 4 rings (SSSR count). The Kier molecular flexibility index (Phi) is 5.24. The van der Waals surface area contributed by atoms with E-state index in [1.807, 2.05) is 24.0 Å². The molecule has 3 heterocycles.